The van der Waals surface area contributed by atoms with Gasteiger partial charge in [-0.1, -0.05) is 30.3 Å². The summed E-state index contributed by atoms with van der Waals surface area (Å²) in [6.45, 7) is 5.51. The van der Waals surface area contributed by atoms with E-state index in [-0.39, 0.29) is 5.97 Å². The molecule has 0 amide bonds. The average molecular weight is 244 g/mol. The Morgan fingerprint density at radius 1 is 1.22 bits per heavy atom. The molecule has 0 saturated carbocycles. The van der Waals surface area contributed by atoms with Crippen LogP contribution in [0.2, 0.25) is 0 Å². The molecule has 0 unspecified atom stereocenters. The SMILES string of the molecule is CC(C)(C)OC(=O)c1[nH]cnc1-c1ccccc1. The Kier molecular flexibility index (Phi) is 3.19. The molecule has 0 aliphatic heterocycles. The summed E-state index contributed by atoms with van der Waals surface area (Å²) >= 11 is 0. The molecule has 1 aromatic heterocycles. The number of ether oxygens (including phenoxy) is 1. The highest BCUT2D eigenvalue weighted by Gasteiger charge is 2.22. The lowest BCUT2D eigenvalue weighted by atomic mass is 10.1. The van der Waals surface area contributed by atoms with Crippen LogP contribution in [-0.4, -0.2) is 21.5 Å². The van der Waals surface area contributed by atoms with Crippen LogP contribution in [0.25, 0.3) is 11.3 Å². The molecule has 0 aliphatic carbocycles. The molecule has 0 aliphatic rings. The van der Waals surface area contributed by atoms with Gasteiger partial charge < -0.3 is 9.72 Å². The number of esters is 1. The first kappa shape index (κ1) is 12.4. The van der Waals surface area contributed by atoms with E-state index in [0.29, 0.717) is 11.4 Å². The molecule has 2 aromatic rings. The predicted molar refractivity (Wildman–Crippen MR) is 69.2 cm³/mol. The Bertz CT molecular complexity index is 538. The van der Waals surface area contributed by atoms with Crippen molar-refractivity contribution in [3.63, 3.8) is 0 Å². The van der Waals surface area contributed by atoms with E-state index in [1.54, 1.807) is 0 Å². The minimum Gasteiger partial charge on any atom is -0.455 e. The largest absolute Gasteiger partial charge is 0.455 e. The monoisotopic (exact) mass is 244 g/mol. The summed E-state index contributed by atoms with van der Waals surface area (Å²) in [5.41, 5.74) is 1.37. The summed E-state index contributed by atoms with van der Waals surface area (Å²) in [7, 11) is 0. The van der Waals surface area contributed by atoms with Crippen LogP contribution in [-0.2, 0) is 4.74 Å². The van der Waals surface area contributed by atoms with Crippen LogP contribution >= 0.6 is 0 Å². The first-order valence-electron chi connectivity index (χ1n) is 5.79. The highest BCUT2D eigenvalue weighted by atomic mass is 16.6. The molecule has 94 valence electrons. The molecule has 1 heterocycles. The zero-order valence-corrected chi connectivity index (χ0v) is 10.7. The van der Waals surface area contributed by atoms with Gasteiger partial charge in [-0.15, -0.1) is 0 Å². The van der Waals surface area contributed by atoms with Gasteiger partial charge in [0.15, 0.2) is 5.69 Å². The van der Waals surface area contributed by atoms with Crippen molar-refractivity contribution in [3.8, 4) is 11.3 Å². The number of H-pyrrole nitrogens is 1. The number of aromatic nitrogens is 2. The molecule has 2 rings (SSSR count). The smallest absolute Gasteiger partial charge is 0.357 e. The van der Waals surface area contributed by atoms with Crippen LogP contribution < -0.4 is 0 Å². The van der Waals surface area contributed by atoms with Crippen molar-refractivity contribution >= 4 is 5.97 Å². The van der Waals surface area contributed by atoms with Crippen molar-refractivity contribution in [2.24, 2.45) is 0 Å². The maximum atomic E-state index is 12.0. The summed E-state index contributed by atoms with van der Waals surface area (Å²) in [4.78, 5) is 19.0. The number of rotatable bonds is 2. The third-order valence-corrected chi connectivity index (χ3v) is 2.29. The number of hydrogen-bond acceptors (Lipinski definition) is 3. The maximum Gasteiger partial charge on any atom is 0.357 e. The van der Waals surface area contributed by atoms with Crippen molar-refractivity contribution in [2.45, 2.75) is 26.4 Å². The zero-order chi connectivity index (χ0) is 13.2. The quantitative estimate of drug-likeness (QED) is 0.826. The fourth-order valence-electron chi connectivity index (χ4n) is 1.59. The van der Waals surface area contributed by atoms with Gasteiger partial charge in [0, 0.05) is 5.56 Å². The Balaban J connectivity index is 2.32. The first-order chi connectivity index (χ1) is 8.47. The molecule has 18 heavy (non-hydrogen) atoms. The van der Waals surface area contributed by atoms with Crippen LogP contribution in [0.4, 0.5) is 0 Å². The van der Waals surface area contributed by atoms with Crippen LogP contribution in [0, 0.1) is 0 Å². The summed E-state index contributed by atoms with van der Waals surface area (Å²) in [6.07, 6.45) is 1.50. The number of aromatic amines is 1. The topological polar surface area (TPSA) is 55.0 Å². The number of nitrogens with one attached hydrogen (secondary N) is 1. The summed E-state index contributed by atoms with van der Waals surface area (Å²) in [6, 6.07) is 9.54. The molecule has 0 radical (unpaired) electrons. The van der Waals surface area contributed by atoms with E-state index in [1.165, 1.54) is 6.33 Å². The van der Waals surface area contributed by atoms with Crippen LogP contribution in [0.15, 0.2) is 36.7 Å². The standard InChI is InChI=1S/C14H16N2O2/c1-14(2,3)18-13(17)12-11(15-9-16-12)10-7-5-4-6-8-10/h4-9H,1-3H3,(H,15,16). The maximum absolute atomic E-state index is 12.0. The number of hydrogen-bond donors (Lipinski definition) is 1. The molecule has 0 atom stereocenters. The summed E-state index contributed by atoms with van der Waals surface area (Å²) in [5, 5.41) is 0. The zero-order valence-electron chi connectivity index (χ0n) is 10.7. The second kappa shape index (κ2) is 4.64. The Hall–Kier alpha value is -2.10. The lowest BCUT2D eigenvalue weighted by Crippen LogP contribution is -2.24. The number of carbonyl (C=O) groups is 1. The van der Waals surface area contributed by atoms with E-state index in [9.17, 15) is 4.79 Å². The van der Waals surface area contributed by atoms with Gasteiger partial charge in [0.05, 0.1) is 6.33 Å². The minimum absolute atomic E-state index is 0.385. The molecule has 0 spiro atoms. The predicted octanol–water partition coefficient (Wildman–Crippen LogP) is 3.03. The van der Waals surface area contributed by atoms with Crippen molar-refractivity contribution in [1.29, 1.82) is 0 Å². The number of carbonyl (C=O) groups excluding carboxylic acids is 1. The molecule has 1 aromatic carbocycles. The van der Waals surface area contributed by atoms with Gasteiger partial charge in [0.2, 0.25) is 0 Å². The minimum atomic E-state index is -0.518. The molecule has 0 fully saturated rings. The van der Waals surface area contributed by atoms with Crippen molar-refractivity contribution in [2.75, 3.05) is 0 Å². The molecule has 0 saturated heterocycles. The van der Waals surface area contributed by atoms with Crippen molar-refractivity contribution in [3.05, 3.63) is 42.4 Å². The van der Waals surface area contributed by atoms with Crippen molar-refractivity contribution < 1.29 is 9.53 Å². The van der Waals surface area contributed by atoms with Gasteiger partial charge in [-0.2, -0.15) is 0 Å². The first-order valence-corrected chi connectivity index (χ1v) is 5.79. The van der Waals surface area contributed by atoms with Gasteiger partial charge in [-0.25, -0.2) is 9.78 Å². The van der Waals surface area contributed by atoms with Gasteiger partial charge in [-0.3, -0.25) is 0 Å². The van der Waals surface area contributed by atoms with Gasteiger partial charge in [0.25, 0.3) is 0 Å². The van der Waals surface area contributed by atoms with Crippen LogP contribution in [0.3, 0.4) is 0 Å². The molecular weight excluding hydrogens is 228 g/mol. The second-order valence-corrected chi connectivity index (χ2v) is 4.99. The van der Waals surface area contributed by atoms with Crippen molar-refractivity contribution in [1.82, 2.24) is 9.97 Å². The highest BCUT2D eigenvalue weighted by molar-refractivity contribution is 5.94. The normalized spacial score (nSPS) is 11.3. The lowest BCUT2D eigenvalue weighted by molar-refractivity contribution is 0.00645. The number of benzene rings is 1. The molecule has 4 heteroatoms. The molecule has 1 N–H and O–H groups in total. The van der Waals surface area contributed by atoms with E-state index in [1.807, 2.05) is 51.1 Å². The van der Waals surface area contributed by atoms with Crippen LogP contribution in [0.5, 0.6) is 0 Å². The Morgan fingerprint density at radius 2 is 1.89 bits per heavy atom. The molecule has 4 nitrogen and oxygen atoms in total. The van der Waals surface area contributed by atoms with E-state index in [2.05, 4.69) is 9.97 Å². The number of nitrogens with zero attached hydrogens (tertiary/aromatic N) is 1. The average Bonchev–Trinajstić information content (AvgIpc) is 2.76. The third kappa shape index (κ3) is 2.77. The van der Waals surface area contributed by atoms with Gasteiger partial charge in [0.1, 0.15) is 11.3 Å². The van der Waals surface area contributed by atoms with E-state index in [4.69, 9.17) is 4.74 Å². The fourth-order valence-corrected chi connectivity index (χ4v) is 1.59. The van der Waals surface area contributed by atoms with Gasteiger partial charge >= 0.3 is 5.97 Å². The molecule has 0 bridgehead atoms. The second-order valence-electron chi connectivity index (χ2n) is 4.99. The van der Waals surface area contributed by atoms with E-state index < -0.39 is 5.60 Å². The molecular formula is C14H16N2O2. The third-order valence-electron chi connectivity index (χ3n) is 2.29. The number of imidazole rings is 1. The Labute approximate surface area is 106 Å². The fraction of sp³-hybridized carbons (Fsp3) is 0.286. The Morgan fingerprint density at radius 3 is 2.50 bits per heavy atom. The highest BCUT2D eigenvalue weighted by Crippen LogP contribution is 2.22. The van der Waals surface area contributed by atoms with E-state index >= 15 is 0 Å². The summed E-state index contributed by atoms with van der Waals surface area (Å²) in [5.74, 6) is -0.390. The van der Waals surface area contributed by atoms with Gasteiger partial charge in [-0.05, 0) is 20.8 Å². The van der Waals surface area contributed by atoms with E-state index in [0.717, 1.165) is 5.56 Å². The summed E-state index contributed by atoms with van der Waals surface area (Å²) < 4.78 is 5.33. The lowest BCUT2D eigenvalue weighted by Gasteiger charge is -2.19. The van der Waals surface area contributed by atoms with Crippen LogP contribution in [0.1, 0.15) is 31.3 Å².